The molecule has 3 aromatic rings. The zero-order chi connectivity index (χ0) is 39.8. The number of carbonyl (C=O) groups is 5. The molecule has 0 fully saturated rings. The fourth-order valence-corrected chi connectivity index (χ4v) is 5.39. The number of aromatic amines is 1. The lowest BCUT2D eigenvalue weighted by molar-refractivity contribution is -0.142. The second-order valence-corrected chi connectivity index (χ2v) is 13.0. The van der Waals surface area contributed by atoms with Crippen molar-refractivity contribution in [3.8, 4) is 11.5 Å². The molecule has 1 aromatic heterocycles. The van der Waals surface area contributed by atoms with E-state index in [-0.39, 0.29) is 49.7 Å². The monoisotopic (exact) mass is 750 g/mol. The number of phenolic OH excluding ortho intramolecular Hbond substituents is 2. The summed E-state index contributed by atoms with van der Waals surface area (Å²) >= 11 is 0. The number of benzene rings is 2. The highest BCUT2D eigenvalue weighted by Crippen LogP contribution is 2.15. The molecule has 1 heterocycles. The highest BCUT2D eigenvalue weighted by atomic mass is 16.4. The Bertz CT molecular complexity index is 1710. The lowest BCUT2D eigenvalue weighted by Crippen LogP contribution is -2.60. The Morgan fingerprint density at radius 3 is 1.78 bits per heavy atom. The number of hydrogen-bond acceptors (Lipinski definition) is 10. The molecule has 0 aliphatic rings. The van der Waals surface area contributed by atoms with Crippen LogP contribution >= 0.6 is 0 Å². The number of imidazole rings is 1. The summed E-state index contributed by atoms with van der Waals surface area (Å²) in [6.07, 6.45) is 3.61. The van der Waals surface area contributed by atoms with Crippen molar-refractivity contribution in [3.63, 3.8) is 0 Å². The van der Waals surface area contributed by atoms with Crippen LogP contribution in [0.5, 0.6) is 11.5 Å². The summed E-state index contributed by atoms with van der Waals surface area (Å²) in [4.78, 5) is 77.5. The van der Waals surface area contributed by atoms with E-state index in [1.807, 2.05) is 0 Å². The number of carbonyl (C=O) groups excluding carboxylic acids is 4. The van der Waals surface area contributed by atoms with E-state index >= 15 is 0 Å². The van der Waals surface area contributed by atoms with E-state index in [4.69, 9.17) is 17.2 Å². The molecular weight excluding hydrogens is 700 g/mol. The summed E-state index contributed by atoms with van der Waals surface area (Å²) in [5, 5.41) is 40.0. The Morgan fingerprint density at radius 2 is 1.30 bits per heavy atom. The number of phenols is 2. The molecule has 18 nitrogen and oxygen atoms in total. The number of aromatic nitrogens is 2. The van der Waals surface area contributed by atoms with E-state index in [0.717, 1.165) is 0 Å². The number of aromatic hydroxyl groups is 2. The van der Waals surface area contributed by atoms with Gasteiger partial charge in [-0.1, -0.05) is 44.5 Å². The van der Waals surface area contributed by atoms with E-state index in [1.165, 1.54) is 36.8 Å². The van der Waals surface area contributed by atoms with Gasteiger partial charge in [-0.15, -0.1) is 0 Å². The molecule has 0 radical (unpaired) electrons. The van der Waals surface area contributed by atoms with Crippen LogP contribution in [0.2, 0.25) is 0 Å². The summed E-state index contributed by atoms with van der Waals surface area (Å²) in [6, 6.07) is 5.82. The Kier molecular flexibility index (Phi) is 16.2. The predicted octanol–water partition coefficient (Wildman–Crippen LogP) is -0.700. The van der Waals surface area contributed by atoms with Crippen LogP contribution in [-0.4, -0.2) is 97.6 Å². The molecule has 0 bridgehead atoms. The van der Waals surface area contributed by atoms with Gasteiger partial charge in [-0.25, -0.2) is 9.78 Å². The first-order valence-corrected chi connectivity index (χ1v) is 17.4. The summed E-state index contributed by atoms with van der Waals surface area (Å²) in [5.41, 5.74) is 18.4. The Hall–Kier alpha value is -6.17. The van der Waals surface area contributed by atoms with E-state index in [0.29, 0.717) is 29.7 Å². The van der Waals surface area contributed by atoms with Gasteiger partial charge < -0.3 is 58.8 Å². The Labute approximate surface area is 312 Å². The molecule has 14 N–H and O–H groups in total. The molecular formula is C36H50N10O8. The van der Waals surface area contributed by atoms with Crippen molar-refractivity contribution < 1.29 is 39.3 Å². The number of amides is 4. The lowest BCUT2D eigenvalue weighted by atomic mass is 9.96. The number of guanidine groups is 1. The number of hydrogen-bond donors (Lipinski definition) is 11. The first kappa shape index (κ1) is 42.2. The van der Waals surface area contributed by atoms with Crippen LogP contribution in [0, 0.1) is 5.92 Å². The number of nitrogens with zero attached hydrogens (tertiary/aromatic N) is 2. The van der Waals surface area contributed by atoms with Crippen LogP contribution < -0.4 is 38.5 Å². The van der Waals surface area contributed by atoms with E-state index in [9.17, 15) is 39.3 Å². The van der Waals surface area contributed by atoms with Crippen molar-refractivity contribution in [2.24, 2.45) is 28.1 Å². The molecule has 292 valence electrons. The lowest BCUT2D eigenvalue weighted by Gasteiger charge is -2.29. The van der Waals surface area contributed by atoms with Gasteiger partial charge in [-0.3, -0.25) is 24.2 Å². The smallest absolute Gasteiger partial charge is 0.326 e. The van der Waals surface area contributed by atoms with Crippen LogP contribution in [0.1, 0.15) is 49.9 Å². The fourth-order valence-electron chi connectivity index (χ4n) is 5.39. The number of H-pyrrole nitrogens is 1. The van der Waals surface area contributed by atoms with Crippen LogP contribution in [0.4, 0.5) is 0 Å². The summed E-state index contributed by atoms with van der Waals surface area (Å²) < 4.78 is 0. The predicted molar refractivity (Wildman–Crippen MR) is 199 cm³/mol. The average Bonchev–Trinajstić information content (AvgIpc) is 3.65. The topological polar surface area (TPSA) is 313 Å². The minimum Gasteiger partial charge on any atom is -0.508 e. The van der Waals surface area contributed by atoms with Crippen molar-refractivity contribution in [1.29, 1.82) is 0 Å². The molecule has 0 aliphatic carbocycles. The first-order chi connectivity index (χ1) is 25.7. The van der Waals surface area contributed by atoms with Gasteiger partial charge in [0.15, 0.2) is 5.96 Å². The van der Waals surface area contributed by atoms with Crippen LogP contribution in [0.3, 0.4) is 0 Å². The quantitative estimate of drug-likeness (QED) is 0.0366. The molecule has 0 spiro atoms. The number of nitrogens with one attached hydrogen (secondary N) is 5. The van der Waals surface area contributed by atoms with Crippen LogP contribution in [0.15, 0.2) is 66.0 Å². The molecule has 0 saturated carbocycles. The summed E-state index contributed by atoms with van der Waals surface area (Å²) in [7, 11) is 0. The Balaban J connectivity index is 1.88. The zero-order valence-electron chi connectivity index (χ0n) is 30.2. The van der Waals surface area contributed by atoms with Gasteiger partial charge in [0, 0.05) is 37.7 Å². The van der Waals surface area contributed by atoms with Crippen LogP contribution in [-0.2, 0) is 43.2 Å². The maximum Gasteiger partial charge on any atom is 0.326 e. The SMILES string of the molecule is CC[C@H](C)[C@H](NC(=O)[C@H](Cc1ccc(O)cc1)NC(=O)[C@H](Cc1ccc(O)cc1)NC(=O)[C@@H](N)CCCN=C(N)N)C(=O)N[C@@H](Cc1cnc[nH]1)C(=O)O. The molecule has 0 saturated heterocycles. The highest BCUT2D eigenvalue weighted by Gasteiger charge is 2.34. The van der Waals surface area contributed by atoms with E-state index in [1.54, 1.807) is 38.1 Å². The van der Waals surface area contributed by atoms with Crippen molar-refractivity contribution in [3.05, 3.63) is 77.9 Å². The van der Waals surface area contributed by atoms with E-state index in [2.05, 4.69) is 36.2 Å². The molecule has 2 aromatic carbocycles. The number of aliphatic imine (C=N–C) groups is 1. The van der Waals surface area contributed by atoms with Crippen molar-refractivity contribution >= 4 is 35.6 Å². The molecule has 4 amide bonds. The fraction of sp³-hybridized carbons (Fsp3) is 0.417. The molecule has 0 aliphatic heterocycles. The molecule has 0 unspecified atom stereocenters. The number of nitrogens with two attached hydrogens (primary N) is 3. The van der Waals surface area contributed by atoms with Gasteiger partial charge in [0.05, 0.1) is 12.4 Å². The van der Waals surface area contributed by atoms with Gasteiger partial charge in [-0.2, -0.15) is 0 Å². The maximum atomic E-state index is 14.1. The summed E-state index contributed by atoms with van der Waals surface area (Å²) in [5.74, 6) is -4.78. The van der Waals surface area contributed by atoms with Gasteiger partial charge in [0.1, 0.15) is 35.7 Å². The van der Waals surface area contributed by atoms with Crippen molar-refractivity contribution in [1.82, 2.24) is 31.2 Å². The second-order valence-electron chi connectivity index (χ2n) is 13.0. The minimum atomic E-state index is -1.34. The first-order valence-electron chi connectivity index (χ1n) is 17.4. The summed E-state index contributed by atoms with van der Waals surface area (Å²) in [6.45, 7) is 3.76. The van der Waals surface area contributed by atoms with Crippen molar-refractivity contribution in [2.75, 3.05) is 6.54 Å². The second kappa shape index (κ2) is 20.8. The Morgan fingerprint density at radius 1 is 0.778 bits per heavy atom. The highest BCUT2D eigenvalue weighted by molar-refractivity contribution is 5.95. The number of carboxylic acid groups (broad SMARTS) is 1. The number of carboxylic acids is 1. The van der Waals surface area contributed by atoms with E-state index < -0.39 is 65.7 Å². The average molecular weight is 751 g/mol. The number of aliphatic carboxylic acids is 1. The molecule has 6 atom stereocenters. The molecule has 54 heavy (non-hydrogen) atoms. The van der Waals surface area contributed by atoms with Crippen molar-refractivity contribution in [2.45, 2.75) is 82.6 Å². The normalized spacial score (nSPS) is 14.3. The minimum absolute atomic E-state index is 0.00639. The molecule has 18 heteroatoms. The van der Waals surface area contributed by atoms with Gasteiger partial charge in [0.25, 0.3) is 0 Å². The number of rotatable bonds is 21. The third kappa shape index (κ3) is 13.8. The third-order valence-corrected chi connectivity index (χ3v) is 8.71. The standard InChI is InChI=1S/C36H50N10O8/c1-3-20(2)30(34(52)45-29(35(53)54)17-23-18-40-19-42-23)46-33(51)28(16-22-8-12-25(48)13-9-22)44-32(50)27(15-21-6-10-24(47)11-7-21)43-31(49)26(37)5-4-14-41-36(38)39/h6-13,18-20,26-30,47-48H,3-5,14-17,37H2,1-2H3,(H,40,42)(H,43,49)(H,44,50)(H,45,52)(H,46,51)(H,53,54)(H4,38,39,41)/t20-,26-,27-,28-,29-,30-/m0/s1. The van der Waals surface area contributed by atoms with Gasteiger partial charge in [0.2, 0.25) is 23.6 Å². The van der Waals surface area contributed by atoms with Gasteiger partial charge >= 0.3 is 5.97 Å². The zero-order valence-corrected chi connectivity index (χ0v) is 30.2. The maximum absolute atomic E-state index is 14.1. The van der Waals surface area contributed by atoms with Crippen LogP contribution in [0.25, 0.3) is 0 Å². The van der Waals surface area contributed by atoms with Gasteiger partial charge in [-0.05, 0) is 54.2 Å². The molecule has 3 rings (SSSR count). The largest absolute Gasteiger partial charge is 0.508 e. The third-order valence-electron chi connectivity index (χ3n) is 8.71.